The zero-order valence-electron chi connectivity index (χ0n) is 14.2. The number of pyridine rings is 1. The molecule has 1 aliphatic rings. The maximum Gasteiger partial charge on any atom is 0.239 e. The van der Waals surface area contributed by atoms with Crippen LogP contribution < -0.4 is 16.0 Å². The summed E-state index contributed by atoms with van der Waals surface area (Å²) in [5, 5.41) is 2.79. The number of anilines is 1. The highest BCUT2D eigenvalue weighted by Gasteiger charge is 2.17. The van der Waals surface area contributed by atoms with Crippen molar-refractivity contribution in [2.75, 3.05) is 31.7 Å². The third-order valence-corrected chi connectivity index (χ3v) is 4.07. The van der Waals surface area contributed by atoms with Gasteiger partial charge < -0.3 is 20.7 Å². The topological polar surface area (TPSA) is 80.5 Å². The summed E-state index contributed by atoms with van der Waals surface area (Å²) in [6, 6.07) is 3.39. The molecule has 1 aliphatic heterocycles. The quantitative estimate of drug-likeness (QED) is 0.787. The molecular weight excluding hydrogens is 351 g/mol. The third kappa shape index (κ3) is 6.81. The van der Waals surface area contributed by atoms with E-state index in [2.05, 4.69) is 22.1 Å². The summed E-state index contributed by atoms with van der Waals surface area (Å²) < 4.78 is 4.86. The van der Waals surface area contributed by atoms with Crippen molar-refractivity contribution in [2.45, 2.75) is 32.4 Å². The first-order chi connectivity index (χ1) is 10.6. The Balaban J connectivity index is 0.00000264. The average molecular weight is 379 g/mol. The van der Waals surface area contributed by atoms with Crippen LogP contribution in [0.2, 0.25) is 0 Å². The number of methoxy groups -OCH3 is 1. The van der Waals surface area contributed by atoms with Gasteiger partial charge in [-0.05, 0) is 30.4 Å². The number of aromatic nitrogens is 1. The Bertz CT molecular complexity index is 479. The van der Waals surface area contributed by atoms with Crippen molar-refractivity contribution in [1.29, 1.82) is 0 Å². The van der Waals surface area contributed by atoms with Crippen LogP contribution in [0.4, 0.5) is 5.82 Å². The van der Waals surface area contributed by atoms with Gasteiger partial charge in [-0.3, -0.25) is 4.79 Å². The number of nitrogens with zero attached hydrogens (tertiary/aromatic N) is 2. The molecule has 1 saturated heterocycles. The van der Waals surface area contributed by atoms with Gasteiger partial charge in [0.2, 0.25) is 5.91 Å². The summed E-state index contributed by atoms with van der Waals surface area (Å²) in [5.41, 5.74) is 6.63. The molecule has 2 rings (SSSR count). The van der Waals surface area contributed by atoms with E-state index in [9.17, 15) is 4.79 Å². The summed E-state index contributed by atoms with van der Waals surface area (Å²) in [4.78, 5) is 18.5. The van der Waals surface area contributed by atoms with Crippen molar-refractivity contribution in [3.05, 3.63) is 23.9 Å². The molecule has 1 fully saturated rings. The SMILES string of the molecule is COCC(N)C(=O)NCc1ccc(N2CCC(C)CC2)nc1.Cl.Cl. The second kappa shape index (κ2) is 11.5. The third-order valence-electron chi connectivity index (χ3n) is 4.07. The van der Waals surface area contributed by atoms with Gasteiger partial charge in [0.05, 0.1) is 6.61 Å². The van der Waals surface area contributed by atoms with Gasteiger partial charge >= 0.3 is 0 Å². The van der Waals surface area contributed by atoms with Gasteiger partial charge in [0.15, 0.2) is 0 Å². The first kappa shape index (κ1) is 22.9. The number of piperidine rings is 1. The normalized spacial score (nSPS) is 15.9. The molecule has 1 unspecified atom stereocenters. The number of rotatable bonds is 6. The second-order valence-electron chi connectivity index (χ2n) is 5.97. The largest absolute Gasteiger partial charge is 0.383 e. The number of carbonyl (C=O) groups is 1. The van der Waals surface area contributed by atoms with E-state index in [1.165, 1.54) is 20.0 Å². The van der Waals surface area contributed by atoms with Gasteiger partial charge in [-0.2, -0.15) is 0 Å². The van der Waals surface area contributed by atoms with Gasteiger partial charge in [0.1, 0.15) is 11.9 Å². The molecule has 0 bridgehead atoms. The van der Waals surface area contributed by atoms with Gasteiger partial charge in [-0.15, -0.1) is 24.8 Å². The number of hydrogen-bond donors (Lipinski definition) is 2. The van der Waals surface area contributed by atoms with Gasteiger partial charge in [0, 0.05) is 32.9 Å². The van der Waals surface area contributed by atoms with Crippen molar-refractivity contribution in [3.8, 4) is 0 Å². The Kier molecular flexibility index (Phi) is 11.0. The van der Waals surface area contributed by atoms with Crippen molar-refractivity contribution in [2.24, 2.45) is 11.7 Å². The van der Waals surface area contributed by atoms with E-state index < -0.39 is 6.04 Å². The highest BCUT2D eigenvalue weighted by atomic mass is 35.5. The summed E-state index contributed by atoms with van der Waals surface area (Å²) in [7, 11) is 1.52. The summed E-state index contributed by atoms with van der Waals surface area (Å²) in [5.74, 6) is 1.61. The molecular formula is C16H28Cl2N4O2. The predicted molar refractivity (Wildman–Crippen MR) is 101 cm³/mol. The summed E-state index contributed by atoms with van der Waals surface area (Å²) >= 11 is 0. The minimum Gasteiger partial charge on any atom is -0.383 e. The second-order valence-corrected chi connectivity index (χ2v) is 5.97. The van der Waals surface area contributed by atoms with E-state index in [1.807, 2.05) is 18.3 Å². The summed E-state index contributed by atoms with van der Waals surface area (Å²) in [6.45, 7) is 5.08. The fraction of sp³-hybridized carbons (Fsp3) is 0.625. The molecule has 24 heavy (non-hydrogen) atoms. The highest BCUT2D eigenvalue weighted by Crippen LogP contribution is 2.21. The molecule has 0 saturated carbocycles. The molecule has 0 radical (unpaired) electrons. The van der Waals surface area contributed by atoms with Crippen molar-refractivity contribution in [1.82, 2.24) is 10.3 Å². The van der Waals surface area contributed by atoms with Crippen LogP contribution in [0.5, 0.6) is 0 Å². The minimum atomic E-state index is -0.632. The highest BCUT2D eigenvalue weighted by molar-refractivity contribution is 5.85. The molecule has 2 heterocycles. The van der Waals surface area contributed by atoms with E-state index in [-0.39, 0.29) is 37.3 Å². The lowest BCUT2D eigenvalue weighted by atomic mass is 9.99. The number of nitrogens with one attached hydrogen (secondary N) is 1. The molecule has 6 nitrogen and oxygen atoms in total. The number of ether oxygens (including phenoxy) is 1. The first-order valence-corrected chi connectivity index (χ1v) is 7.82. The first-order valence-electron chi connectivity index (χ1n) is 7.82. The van der Waals surface area contributed by atoms with Crippen molar-refractivity contribution in [3.63, 3.8) is 0 Å². The van der Waals surface area contributed by atoms with E-state index in [1.54, 1.807) is 0 Å². The van der Waals surface area contributed by atoms with E-state index >= 15 is 0 Å². The number of halogens is 2. The van der Waals surface area contributed by atoms with Crippen LogP contribution in [0.25, 0.3) is 0 Å². The van der Waals surface area contributed by atoms with Crippen LogP contribution in [-0.2, 0) is 16.1 Å². The maximum absolute atomic E-state index is 11.7. The molecule has 1 aromatic heterocycles. The smallest absolute Gasteiger partial charge is 0.239 e. The zero-order valence-corrected chi connectivity index (χ0v) is 15.9. The Hall–Kier alpha value is -1.08. The molecule has 1 amide bonds. The van der Waals surface area contributed by atoms with Gasteiger partial charge in [-0.1, -0.05) is 13.0 Å². The van der Waals surface area contributed by atoms with Crippen LogP contribution in [0.15, 0.2) is 18.3 Å². The van der Waals surface area contributed by atoms with Crippen molar-refractivity contribution < 1.29 is 9.53 Å². The van der Waals surface area contributed by atoms with Gasteiger partial charge in [-0.25, -0.2) is 4.98 Å². The zero-order chi connectivity index (χ0) is 15.9. The van der Waals surface area contributed by atoms with Crippen LogP contribution in [0, 0.1) is 5.92 Å². The molecule has 0 aromatic carbocycles. The number of hydrogen-bond acceptors (Lipinski definition) is 5. The number of amides is 1. The fourth-order valence-electron chi connectivity index (χ4n) is 2.52. The standard InChI is InChI=1S/C16H26N4O2.2ClH/c1-12-5-7-20(8-6-12)15-4-3-13(9-18-15)10-19-16(21)14(17)11-22-2;;/h3-4,9,12,14H,5-8,10-11,17H2,1-2H3,(H,19,21);2*1H. The molecule has 0 aliphatic carbocycles. The lowest BCUT2D eigenvalue weighted by molar-refractivity contribution is -0.123. The lowest BCUT2D eigenvalue weighted by Crippen LogP contribution is -2.43. The van der Waals surface area contributed by atoms with E-state index in [4.69, 9.17) is 10.5 Å². The Morgan fingerprint density at radius 1 is 1.42 bits per heavy atom. The maximum atomic E-state index is 11.7. The van der Waals surface area contributed by atoms with Crippen molar-refractivity contribution >= 4 is 36.5 Å². The van der Waals surface area contributed by atoms with E-state index in [0.717, 1.165) is 30.4 Å². The van der Waals surface area contributed by atoms with E-state index in [0.29, 0.717) is 6.54 Å². The van der Waals surface area contributed by atoms with Crippen LogP contribution in [0.3, 0.4) is 0 Å². The molecule has 1 atom stereocenters. The minimum absolute atomic E-state index is 0. The van der Waals surface area contributed by atoms with Crippen LogP contribution in [-0.4, -0.2) is 43.7 Å². The molecule has 1 aromatic rings. The molecule has 8 heteroatoms. The average Bonchev–Trinajstić information content (AvgIpc) is 2.54. The Labute approximate surface area is 156 Å². The van der Waals surface area contributed by atoms with Gasteiger partial charge in [0.25, 0.3) is 0 Å². The number of nitrogens with two attached hydrogens (primary N) is 1. The predicted octanol–water partition coefficient (Wildman–Crippen LogP) is 1.75. The molecule has 138 valence electrons. The summed E-state index contributed by atoms with van der Waals surface area (Å²) in [6.07, 6.45) is 4.25. The Morgan fingerprint density at radius 2 is 2.08 bits per heavy atom. The monoisotopic (exact) mass is 378 g/mol. The molecule has 0 spiro atoms. The molecule has 3 N–H and O–H groups in total. The fourth-order valence-corrected chi connectivity index (χ4v) is 2.52. The van der Waals surface area contributed by atoms with Crippen LogP contribution >= 0.6 is 24.8 Å². The lowest BCUT2D eigenvalue weighted by Gasteiger charge is -2.31. The van der Waals surface area contributed by atoms with Crippen LogP contribution in [0.1, 0.15) is 25.3 Å². The number of carbonyl (C=O) groups excluding carboxylic acids is 1. The Morgan fingerprint density at radius 3 is 2.62 bits per heavy atom.